The van der Waals surface area contributed by atoms with Crippen LogP contribution in [0.1, 0.15) is 27.7 Å². The Labute approximate surface area is 89.6 Å². The van der Waals surface area contributed by atoms with Crippen LogP contribution in [0.2, 0.25) is 0 Å². The number of aliphatic hydroxyl groups excluding tert-OH is 2. The summed E-state index contributed by atoms with van der Waals surface area (Å²) in [7, 11) is 0. The average Bonchev–Trinajstić information content (AvgIpc) is 2.39. The summed E-state index contributed by atoms with van der Waals surface area (Å²) < 4.78 is 11.0. The van der Waals surface area contributed by atoms with Crippen LogP contribution < -0.4 is 0 Å². The zero-order valence-electron chi connectivity index (χ0n) is 9.60. The quantitative estimate of drug-likeness (QED) is 0.605. The van der Waals surface area contributed by atoms with Crippen LogP contribution in [0.5, 0.6) is 0 Å². The lowest BCUT2D eigenvalue weighted by atomic mass is 9.94. The SMILES string of the molecule is CC1(C)O[C@H]([C@H](O)CO)[C@H](C(C)(C)O)O1. The van der Waals surface area contributed by atoms with Crippen molar-refractivity contribution in [3.63, 3.8) is 0 Å². The van der Waals surface area contributed by atoms with Crippen LogP contribution >= 0.6 is 0 Å². The Morgan fingerprint density at radius 1 is 1.33 bits per heavy atom. The third-order valence-corrected chi connectivity index (χ3v) is 2.39. The Balaban J connectivity index is 2.84. The lowest BCUT2D eigenvalue weighted by Crippen LogP contribution is -2.48. The molecule has 0 aromatic carbocycles. The van der Waals surface area contributed by atoms with Gasteiger partial charge in [-0.15, -0.1) is 0 Å². The van der Waals surface area contributed by atoms with Crippen molar-refractivity contribution in [3.8, 4) is 0 Å². The molecule has 15 heavy (non-hydrogen) atoms. The second-order valence-corrected chi connectivity index (χ2v) is 4.92. The molecule has 0 aliphatic carbocycles. The van der Waals surface area contributed by atoms with Gasteiger partial charge in [0.05, 0.1) is 12.2 Å². The van der Waals surface area contributed by atoms with Gasteiger partial charge in [0.15, 0.2) is 5.79 Å². The maximum absolute atomic E-state index is 9.87. The molecule has 0 spiro atoms. The van der Waals surface area contributed by atoms with Crippen molar-refractivity contribution in [3.05, 3.63) is 0 Å². The molecular weight excluding hydrogens is 200 g/mol. The van der Waals surface area contributed by atoms with Gasteiger partial charge >= 0.3 is 0 Å². The molecule has 1 fully saturated rings. The Morgan fingerprint density at radius 3 is 2.27 bits per heavy atom. The molecule has 1 rings (SSSR count). The summed E-state index contributed by atoms with van der Waals surface area (Å²) >= 11 is 0. The van der Waals surface area contributed by atoms with E-state index in [-0.39, 0.29) is 0 Å². The number of hydrogen-bond donors (Lipinski definition) is 3. The highest BCUT2D eigenvalue weighted by Crippen LogP contribution is 2.35. The minimum absolute atomic E-state index is 0.420. The van der Waals surface area contributed by atoms with Gasteiger partial charge in [0.1, 0.15) is 18.3 Å². The van der Waals surface area contributed by atoms with Crippen molar-refractivity contribution in [1.82, 2.24) is 0 Å². The first-order chi connectivity index (χ1) is 6.67. The highest BCUT2D eigenvalue weighted by Gasteiger charge is 2.50. The summed E-state index contributed by atoms with van der Waals surface area (Å²) in [5, 5.41) is 28.3. The lowest BCUT2D eigenvalue weighted by Gasteiger charge is -2.30. The molecule has 0 aromatic heterocycles. The fourth-order valence-corrected chi connectivity index (χ4v) is 1.72. The van der Waals surface area contributed by atoms with Gasteiger partial charge in [0.25, 0.3) is 0 Å². The molecule has 0 saturated carbocycles. The number of aliphatic hydroxyl groups is 3. The first-order valence-corrected chi connectivity index (χ1v) is 5.04. The second-order valence-electron chi connectivity index (χ2n) is 4.92. The van der Waals surface area contributed by atoms with E-state index >= 15 is 0 Å². The summed E-state index contributed by atoms with van der Waals surface area (Å²) in [5.74, 6) is -0.856. The molecule has 1 heterocycles. The van der Waals surface area contributed by atoms with E-state index in [9.17, 15) is 10.2 Å². The Morgan fingerprint density at radius 2 is 1.87 bits per heavy atom. The van der Waals surface area contributed by atoms with E-state index in [1.165, 1.54) is 0 Å². The maximum Gasteiger partial charge on any atom is 0.164 e. The van der Waals surface area contributed by atoms with Crippen molar-refractivity contribution in [2.45, 2.75) is 57.4 Å². The van der Waals surface area contributed by atoms with Gasteiger partial charge in [-0.05, 0) is 27.7 Å². The Bertz CT molecular complexity index is 220. The average molecular weight is 220 g/mol. The molecule has 1 aliphatic rings. The highest BCUT2D eigenvalue weighted by molar-refractivity contribution is 4.94. The fraction of sp³-hybridized carbons (Fsp3) is 1.00. The highest BCUT2D eigenvalue weighted by atomic mass is 16.8. The van der Waals surface area contributed by atoms with Gasteiger partial charge in [0, 0.05) is 0 Å². The fourth-order valence-electron chi connectivity index (χ4n) is 1.72. The van der Waals surface area contributed by atoms with Crippen LogP contribution in [0.3, 0.4) is 0 Å². The van der Waals surface area contributed by atoms with Gasteiger partial charge in [0.2, 0.25) is 0 Å². The number of hydrogen-bond acceptors (Lipinski definition) is 5. The van der Waals surface area contributed by atoms with Crippen LogP contribution in [-0.2, 0) is 9.47 Å². The molecule has 1 aliphatic heterocycles. The largest absolute Gasteiger partial charge is 0.394 e. The zero-order chi connectivity index (χ0) is 11.9. The minimum Gasteiger partial charge on any atom is -0.394 e. The summed E-state index contributed by atoms with van der Waals surface area (Å²) in [6.07, 6.45) is -2.43. The molecule has 5 nitrogen and oxygen atoms in total. The molecule has 0 aromatic rings. The summed E-state index contributed by atoms with van der Waals surface area (Å²) in [6.45, 7) is 6.15. The normalized spacial score (nSPS) is 33.0. The molecule has 0 unspecified atom stereocenters. The van der Waals surface area contributed by atoms with E-state index in [0.717, 1.165) is 0 Å². The summed E-state index contributed by atoms with van der Waals surface area (Å²) in [5.41, 5.74) is -1.13. The van der Waals surface area contributed by atoms with Crippen LogP contribution in [-0.4, -0.2) is 51.6 Å². The van der Waals surface area contributed by atoms with Crippen molar-refractivity contribution in [2.75, 3.05) is 6.61 Å². The third-order valence-electron chi connectivity index (χ3n) is 2.39. The Kier molecular flexibility index (Phi) is 3.42. The van der Waals surface area contributed by atoms with Crippen LogP contribution in [0.25, 0.3) is 0 Å². The van der Waals surface area contributed by atoms with E-state index in [1.807, 2.05) is 0 Å². The van der Waals surface area contributed by atoms with E-state index in [0.29, 0.717) is 0 Å². The van der Waals surface area contributed by atoms with E-state index in [1.54, 1.807) is 27.7 Å². The molecule has 1 saturated heterocycles. The smallest absolute Gasteiger partial charge is 0.164 e. The van der Waals surface area contributed by atoms with E-state index < -0.39 is 36.3 Å². The first kappa shape index (κ1) is 12.9. The molecular formula is C10H20O5. The van der Waals surface area contributed by atoms with Crippen LogP contribution in [0.4, 0.5) is 0 Å². The molecule has 0 bridgehead atoms. The molecule has 0 radical (unpaired) electrons. The molecule has 90 valence electrons. The van der Waals surface area contributed by atoms with Crippen molar-refractivity contribution in [2.24, 2.45) is 0 Å². The zero-order valence-corrected chi connectivity index (χ0v) is 9.60. The molecule has 0 amide bonds. The minimum atomic E-state index is -1.13. The van der Waals surface area contributed by atoms with Gasteiger partial charge in [-0.2, -0.15) is 0 Å². The topological polar surface area (TPSA) is 79.2 Å². The Hall–Kier alpha value is -0.200. The number of ether oxygens (including phenoxy) is 2. The third kappa shape index (κ3) is 2.89. The monoisotopic (exact) mass is 220 g/mol. The van der Waals surface area contributed by atoms with Gasteiger partial charge in [-0.3, -0.25) is 0 Å². The summed E-state index contributed by atoms with van der Waals surface area (Å²) in [6, 6.07) is 0. The first-order valence-electron chi connectivity index (χ1n) is 5.04. The molecule has 3 atom stereocenters. The lowest BCUT2D eigenvalue weighted by molar-refractivity contribution is -0.168. The standard InChI is InChI=1S/C10H20O5/c1-9(2,13)8-7(6(12)5-11)14-10(3,4)15-8/h6-8,11-13H,5H2,1-4H3/t6-,7-,8-/m1/s1. The predicted molar refractivity (Wildman–Crippen MR) is 53.2 cm³/mol. The number of rotatable bonds is 3. The van der Waals surface area contributed by atoms with E-state index in [4.69, 9.17) is 14.6 Å². The maximum atomic E-state index is 9.87. The molecule has 5 heteroatoms. The molecule has 3 N–H and O–H groups in total. The summed E-state index contributed by atoms with van der Waals surface area (Å²) in [4.78, 5) is 0. The van der Waals surface area contributed by atoms with Crippen LogP contribution in [0, 0.1) is 0 Å². The van der Waals surface area contributed by atoms with E-state index in [2.05, 4.69) is 0 Å². The van der Waals surface area contributed by atoms with Crippen molar-refractivity contribution < 1.29 is 24.8 Å². The van der Waals surface area contributed by atoms with Crippen LogP contribution in [0.15, 0.2) is 0 Å². The van der Waals surface area contributed by atoms with Crippen molar-refractivity contribution in [1.29, 1.82) is 0 Å². The van der Waals surface area contributed by atoms with Gasteiger partial charge in [-0.25, -0.2) is 0 Å². The van der Waals surface area contributed by atoms with Gasteiger partial charge < -0.3 is 24.8 Å². The predicted octanol–water partition coefficient (Wildman–Crippen LogP) is -0.369. The van der Waals surface area contributed by atoms with Gasteiger partial charge in [-0.1, -0.05) is 0 Å². The van der Waals surface area contributed by atoms with Crippen molar-refractivity contribution >= 4 is 0 Å². The second kappa shape index (κ2) is 3.99.